The zero-order valence-electron chi connectivity index (χ0n) is 15.7. The Labute approximate surface area is 173 Å². The van der Waals surface area contributed by atoms with E-state index in [1.54, 1.807) is 35.2 Å². The number of thioether (sulfide) groups is 1. The van der Waals surface area contributed by atoms with Crippen LogP contribution in [0.1, 0.15) is 25.8 Å². The largest absolute Gasteiger partial charge is 0.484 e. The summed E-state index contributed by atoms with van der Waals surface area (Å²) in [6.07, 6.45) is 1.54. The van der Waals surface area contributed by atoms with Gasteiger partial charge in [-0.2, -0.15) is 0 Å². The van der Waals surface area contributed by atoms with E-state index in [-0.39, 0.29) is 31.4 Å². The number of carboxylic acids is 1. The molecule has 1 aromatic rings. The van der Waals surface area contributed by atoms with Gasteiger partial charge in [0.15, 0.2) is 6.61 Å². The van der Waals surface area contributed by atoms with Gasteiger partial charge in [-0.15, -0.1) is 0 Å². The fourth-order valence-corrected chi connectivity index (χ4v) is 3.83. The van der Waals surface area contributed by atoms with E-state index in [2.05, 4.69) is 0 Å². The van der Waals surface area contributed by atoms with Crippen LogP contribution < -0.4 is 4.74 Å². The Kier molecular flexibility index (Phi) is 8.01. The van der Waals surface area contributed by atoms with Crippen molar-refractivity contribution < 1.29 is 24.2 Å². The molecule has 2 amide bonds. The van der Waals surface area contributed by atoms with E-state index in [1.165, 1.54) is 4.90 Å². The normalized spacial score (nSPS) is 15.2. The average molecular weight is 423 g/mol. The molecule has 1 fully saturated rings. The highest BCUT2D eigenvalue weighted by Gasteiger charge is 2.32. The Morgan fingerprint density at radius 2 is 1.89 bits per heavy atom. The van der Waals surface area contributed by atoms with E-state index in [4.69, 9.17) is 22.1 Å². The van der Waals surface area contributed by atoms with Crippen molar-refractivity contribution in [1.29, 1.82) is 0 Å². The number of thiocarbonyl (C=S) groups is 1. The quantitative estimate of drug-likeness (QED) is 0.483. The van der Waals surface area contributed by atoms with E-state index < -0.39 is 5.97 Å². The Morgan fingerprint density at radius 3 is 2.46 bits per heavy atom. The van der Waals surface area contributed by atoms with Gasteiger partial charge in [0.05, 0.1) is 11.3 Å². The van der Waals surface area contributed by atoms with Crippen molar-refractivity contribution in [3.8, 4) is 5.75 Å². The molecule has 0 unspecified atom stereocenters. The van der Waals surface area contributed by atoms with Crippen LogP contribution in [0.2, 0.25) is 0 Å². The fourth-order valence-electron chi connectivity index (χ4n) is 2.52. The summed E-state index contributed by atoms with van der Waals surface area (Å²) in [5.74, 6) is -0.778. The van der Waals surface area contributed by atoms with Gasteiger partial charge < -0.3 is 14.7 Å². The number of carbonyl (C=O) groups excluding carboxylic acids is 2. The maximum atomic E-state index is 12.4. The maximum Gasteiger partial charge on any atom is 0.305 e. The number of rotatable bonds is 9. The van der Waals surface area contributed by atoms with Gasteiger partial charge in [0.1, 0.15) is 10.1 Å². The monoisotopic (exact) mass is 422 g/mol. The minimum atomic E-state index is -0.979. The maximum absolute atomic E-state index is 12.4. The first-order chi connectivity index (χ1) is 13.3. The van der Waals surface area contributed by atoms with Crippen LogP contribution in [0.5, 0.6) is 5.75 Å². The summed E-state index contributed by atoms with van der Waals surface area (Å²) < 4.78 is 5.87. The van der Waals surface area contributed by atoms with Crippen LogP contribution in [-0.4, -0.2) is 63.3 Å². The number of carbonyl (C=O) groups is 3. The Hall–Kier alpha value is -2.39. The van der Waals surface area contributed by atoms with Crippen molar-refractivity contribution in [2.45, 2.75) is 20.3 Å². The molecular weight excluding hydrogens is 400 g/mol. The number of likely N-dealkylation sites (N-methyl/N-ethyl adjacent to an activating group) is 1. The number of amides is 2. The number of benzene rings is 1. The van der Waals surface area contributed by atoms with Crippen molar-refractivity contribution >= 4 is 52.2 Å². The van der Waals surface area contributed by atoms with Crippen molar-refractivity contribution in [3.63, 3.8) is 0 Å². The van der Waals surface area contributed by atoms with Crippen LogP contribution in [0, 0.1) is 0 Å². The molecule has 1 heterocycles. The molecule has 0 radical (unpaired) electrons. The standard InChI is InChI=1S/C19H22N2O5S2/c1-3-20(4-2)16(22)12-26-14-7-5-13(6-8-14)11-15-18(25)21(19(27)28-15)10-9-17(23)24/h5-8,11H,3-4,9-10,12H2,1-2H3,(H,23,24)/b15-11+. The topological polar surface area (TPSA) is 87.2 Å². The number of hydrogen-bond acceptors (Lipinski definition) is 6. The Bertz CT molecular complexity index is 788. The molecule has 1 aliphatic heterocycles. The molecular formula is C19H22N2O5S2. The fraction of sp³-hybridized carbons (Fsp3) is 0.368. The zero-order valence-corrected chi connectivity index (χ0v) is 17.3. The van der Waals surface area contributed by atoms with Crippen molar-refractivity contribution in [2.75, 3.05) is 26.2 Å². The van der Waals surface area contributed by atoms with Gasteiger partial charge in [-0.25, -0.2) is 0 Å². The number of aliphatic carboxylic acids is 1. The first-order valence-corrected chi connectivity index (χ1v) is 10.1. The smallest absolute Gasteiger partial charge is 0.305 e. The van der Waals surface area contributed by atoms with Crippen molar-refractivity contribution in [1.82, 2.24) is 9.80 Å². The van der Waals surface area contributed by atoms with E-state index in [1.807, 2.05) is 13.8 Å². The number of carboxylic acid groups (broad SMARTS) is 1. The first-order valence-electron chi connectivity index (χ1n) is 8.83. The highest BCUT2D eigenvalue weighted by Crippen LogP contribution is 2.32. The molecule has 1 aliphatic rings. The third kappa shape index (κ3) is 5.80. The third-order valence-corrected chi connectivity index (χ3v) is 5.46. The van der Waals surface area contributed by atoms with Crippen LogP contribution in [0.4, 0.5) is 0 Å². The van der Waals surface area contributed by atoms with Crippen LogP contribution in [0.3, 0.4) is 0 Å². The summed E-state index contributed by atoms with van der Waals surface area (Å²) in [6.45, 7) is 5.15. The lowest BCUT2D eigenvalue weighted by Crippen LogP contribution is -2.34. The molecule has 150 valence electrons. The molecule has 0 saturated carbocycles. The Morgan fingerprint density at radius 1 is 1.25 bits per heavy atom. The molecule has 0 aliphatic carbocycles. The predicted molar refractivity (Wildman–Crippen MR) is 112 cm³/mol. The summed E-state index contributed by atoms with van der Waals surface area (Å²) in [5.41, 5.74) is 0.779. The molecule has 1 saturated heterocycles. The number of nitrogens with zero attached hydrogens (tertiary/aromatic N) is 2. The van der Waals surface area contributed by atoms with E-state index in [9.17, 15) is 14.4 Å². The van der Waals surface area contributed by atoms with E-state index in [0.29, 0.717) is 28.1 Å². The SMILES string of the molecule is CCN(CC)C(=O)COc1ccc(/C=C2/SC(=S)N(CCC(=O)O)C2=O)cc1. The van der Waals surface area contributed by atoms with Crippen LogP contribution >= 0.6 is 24.0 Å². The molecule has 1 N–H and O–H groups in total. The van der Waals surface area contributed by atoms with Gasteiger partial charge in [-0.1, -0.05) is 36.1 Å². The van der Waals surface area contributed by atoms with Crippen LogP contribution in [0.25, 0.3) is 6.08 Å². The van der Waals surface area contributed by atoms with Crippen molar-refractivity contribution in [2.24, 2.45) is 0 Å². The summed E-state index contributed by atoms with van der Waals surface area (Å²) >= 11 is 6.31. The first kappa shape index (κ1) is 21.9. The van der Waals surface area contributed by atoms with Gasteiger partial charge >= 0.3 is 5.97 Å². The summed E-state index contributed by atoms with van der Waals surface area (Å²) in [7, 11) is 0. The minimum Gasteiger partial charge on any atom is -0.484 e. The van der Waals surface area contributed by atoms with Crippen LogP contribution in [0.15, 0.2) is 29.2 Å². The van der Waals surface area contributed by atoms with Crippen LogP contribution in [-0.2, 0) is 14.4 Å². The minimum absolute atomic E-state index is 0.0245. The molecule has 28 heavy (non-hydrogen) atoms. The second-order valence-corrected chi connectivity index (χ2v) is 7.58. The lowest BCUT2D eigenvalue weighted by molar-refractivity contribution is -0.137. The lowest BCUT2D eigenvalue weighted by Gasteiger charge is -2.18. The molecule has 0 aromatic heterocycles. The van der Waals surface area contributed by atoms with Gasteiger partial charge in [-0.3, -0.25) is 19.3 Å². The van der Waals surface area contributed by atoms with Gasteiger partial charge in [0.2, 0.25) is 0 Å². The second-order valence-electron chi connectivity index (χ2n) is 5.90. The lowest BCUT2D eigenvalue weighted by atomic mass is 10.2. The second kappa shape index (κ2) is 10.2. The van der Waals surface area contributed by atoms with Gasteiger partial charge in [0.25, 0.3) is 11.8 Å². The molecule has 2 rings (SSSR count). The van der Waals surface area contributed by atoms with Crippen molar-refractivity contribution in [3.05, 3.63) is 34.7 Å². The molecule has 7 nitrogen and oxygen atoms in total. The average Bonchev–Trinajstić information content (AvgIpc) is 2.93. The summed E-state index contributed by atoms with van der Waals surface area (Å²) in [4.78, 5) is 38.5. The van der Waals surface area contributed by atoms with Gasteiger partial charge in [-0.05, 0) is 37.6 Å². The van der Waals surface area contributed by atoms with Gasteiger partial charge in [0, 0.05) is 19.6 Å². The highest BCUT2D eigenvalue weighted by atomic mass is 32.2. The molecule has 0 bridgehead atoms. The van der Waals surface area contributed by atoms with E-state index in [0.717, 1.165) is 17.3 Å². The summed E-state index contributed by atoms with van der Waals surface area (Å²) in [6, 6.07) is 7.01. The molecule has 9 heteroatoms. The molecule has 1 aromatic carbocycles. The summed E-state index contributed by atoms with van der Waals surface area (Å²) in [5, 5.41) is 8.77. The third-order valence-electron chi connectivity index (χ3n) is 4.08. The molecule has 0 spiro atoms. The number of hydrogen-bond donors (Lipinski definition) is 1. The Balaban J connectivity index is 1.98. The molecule has 0 atom stereocenters. The van der Waals surface area contributed by atoms with E-state index >= 15 is 0 Å². The predicted octanol–water partition coefficient (Wildman–Crippen LogP) is 2.61. The highest BCUT2D eigenvalue weighted by molar-refractivity contribution is 8.26. The number of ether oxygens (including phenoxy) is 1. The zero-order chi connectivity index (χ0) is 20.7.